The van der Waals surface area contributed by atoms with E-state index in [1.807, 2.05) is 0 Å². The molecule has 0 aromatic rings. The van der Waals surface area contributed by atoms with Crippen LogP contribution in [0.15, 0.2) is 0 Å². The van der Waals surface area contributed by atoms with E-state index >= 15 is 0 Å². The van der Waals surface area contributed by atoms with Gasteiger partial charge in [-0.05, 0) is 37.0 Å². The van der Waals surface area contributed by atoms with E-state index in [9.17, 15) is 4.79 Å². The standard InChI is InChI=1S/C14H26N2O/c1-5-11-15-12(10(3)4)13(17)16(11)9-14(6-2)7-8-14/h10-12,15H,5-9H2,1-4H3. The maximum Gasteiger partial charge on any atom is 0.241 e. The quantitative estimate of drug-likeness (QED) is 0.797. The van der Waals surface area contributed by atoms with Crippen LogP contribution in [0.2, 0.25) is 0 Å². The number of rotatable bonds is 5. The van der Waals surface area contributed by atoms with Gasteiger partial charge in [-0.1, -0.05) is 27.7 Å². The van der Waals surface area contributed by atoms with Crippen LogP contribution in [0.1, 0.15) is 53.4 Å². The Bertz CT molecular complexity index is 297. The van der Waals surface area contributed by atoms with Crippen molar-refractivity contribution >= 4 is 5.91 Å². The Morgan fingerprint density at radius 3 is 2.47 bits per heavy atom. The van der Waals surface area contributed by atoms with E-state index in [2.05, 4.69) is 37.9 Å². The van der Waals surface area contributed by atoms with Gasteiger partial charge in [0.05, 0.1) is 12.2 Å². The van der Waals surface area contributed by atoms with E-state index in [0.717, 1.165) is 13.0 Å². The SMILES string of the molecule is CCC1NC(C(C)C)C(=O)N1CC1(CC)CC1. The second kappa shape index (κ2) is 4.60. The number of nitrogens with one attached hydrogen (secondary N) is 1. The molecule has 0 aromatic carbocycles. The molecular formula is C14H26N2O. The minimum atomic E-state index is 0.0348. The third-order valence-corrected chi connectivity index (χ3v) is 4.56. The summed E-state index contributed by atoms with van der Waals surface area (Å²) < 4.78 is 0. The van der Waals surface area contributed by atoms with Gasteiger partial charge in [0.25, 0.3) is 0 Å². The minimum absolute atomic E-state index is 0.0348. The molecule has 0 aromatic heterocycles. The lowest BCUT2D eigenvalue weighted by Gasteiger charge is -2.27. The predicted octanol–water partition coefficient (Wildman–Crippen LogP) is 2.37. The molecule has 1 saturated carbocycles. The van der Waals surface area contributed by atoms with Crippen molar-refractivity contribution in [2.24, 2.45) is 11.3 Å². The Labute approximate surface area is 105 Å². The molecule has 2 fully saturated rings. The van der Waals surface area contributed by atoms with Crippen LogP contribution in [0.4, 0.5) is 0 Å². The van der Waals surface area contributed by atoms with E-state index in [-0.39, 0.29) is 12.2 Å². The molecular weight excluding hydrogens is 212 g/mol. The van der Waals surface area contributed by atoms with Crippen LogP contribution in [-0.4, -0.2) is 29.6 Å². The molecule has 3 nitrogen and oxygen atoms in total. The molecule has 1 aliphatic heterocycles. The number of carbonyl (C=O) groups excluding carboxylic acids is 1. The molecule has 0 spiro atoms. The van der Waals surface area contributed by atoms with Gasteiger partial charge < -0.3 is 4.90 Å². The van der Waals surface area contributed by atoms with Crippen LogP contribution in [0.3, 0.4) is 0 Å². The summed E-state index contributed by atoms with van der Waals surface area (Å²) in [5, 5.41) is 3.49. The molecule has 0 bridgehead atoms. The van der Waals surface area contributed by atoms with E-state index in [0.29, 0.717) is 17.2 Å². The van der Waals surface area contributed by atoms with Gasteiger partial charge in [0.1, 0.15) is 0 Å². The van der Waals surface area contributed by atoms with Crippen LogP contribution in [0.5, 0.6) is 0 Å². The molecule has 1 amide bonds. The molecule has 2 rings (SSSR count). The molecule has 17 heavy (non-hydrogen) atoms. The molecule has 1 heterocycles. The fourth-order valence-corrected chi connectivity index (χ4v) is 2.87. The van der Waals surface area contributed by atoms with Crippen LogP contribution in [-0.2, 0) is 4.79 Å². The van der Waals surface area contributed by atoms with E-state index in [1.165, 1.54) is 19.3 Å². The highest BCUT2D eigenvalue weighted by molar-refractivity contribution is 5.84. The maximum atomic E-state index is 12.4. The molecule has 98 valence electrons. The van der Waals surface area contributed by atoms with Gasteiger partial charge in [0.15, 0.2) is 0 Å². The van der Waals surface area contributed by atoms with E-state index < -0.39 is 0 Å². The normalized spacial score (nSPS) is 31.4. The first-order valence-corrected chi connectivity index (χ1v) is 7.09. The zero-order valence-electron chi connectivity index (χ0n) is 11.6. The second-order valence-corrected chi connectivity index (χ2v) is 6.13. The average molecular weight is 238 g/mol. The first kappa shape index (κ1) is 12.9. The maximum absolute atomic E-state index is 12.4. The Kier molecular flexibility index (Phi) is 3.48. The van der Waals surface area contributed by atoms with Gasteiger partial charge in [0, 0.05) is 6.54 Å². The third kappa shape index (κ3) is 2.35. The average Bonchev–Trinajstić information content (AvgIpc) is 3.00. The van der Waals surface area contributed by atoms with Gasteiger partial charge in [-0.15, -0.1) is 0 Å². The van der Waals surface area contributed by atoms with Crippen molar-refractivity contribution in [2.75, 3.05) is 6.54 Å². The summed E-state index contributed by atoms with van der Waals surface area (Å²) in [5.41, 5.74) is 0.455. The van der Waals surface area contributed by atoms with Crippen molar-refractivity contribution in [3.8, 4) is 0 Å². The highest BCUT2D eigenvalue weighted by atomic mass is 16.2. The number of hydrogen-bond acceptors (Lipinski definition) is 2. The van der Waals surface area contributed by atoms with Crippen LogP contribution >= 0.6 is 0 Å². The monoisotopic (exact) mass is 238 g/mol. The first-order valence-electron chi connectivity index (χ1n) is 7.09. The summed E-state index contributed by atoms with van der Waals surface area (Å²) in [6, 6.07) is 0.0348. The summed E-state index contributed by atoms with van der Waals surface area (Å²) in [7, 11) is 0. The lowest BCUT2D eigenvalue weighted by atomic mass is 10.0. The summed E-state index contributed by atoms with van der Waals surface area (Å²) in [4.78, 5) is 14.5. The lowest BCUT2D eigenvalue weighted by molar-refractivity contribution is -0.131. The van der Waals surface area contributed by atoms with E-state index in [1.54, 1.807) is 0 Å². The highest BCUT2D eigenvalue weighted by Crippen LogP contribution is 2.49. The van der Waals surface area contributed by atoms with Crippen LogP contribution < -0.4 is 5.32 Å². The zero-order valence-corrected chi connectivity index (χ0v) is 11.6. The molecule has 1 N–H and O–H groups in total. The summed E-state index contributed by atoms with van der Waals surface area (Å²) >= 11 is 0. The summed E-state index contributed by atoms with van der Waals surface area (Å²) in [6.45, 7) is 9.63. The minimum Gasteiger partial charge on any atom is -0.325 e. The third-order valence-electron chi connectivity index (χ3n) is 4.56. The van der Waals surface area contributed by atoms with Gasteiger partial charge in [-0.2, -0.15) is 0 Å². The zero-order chi connectivity index (χ0) is 12.6. The Morgan fingerprint density at radius 2 is 2.06 bits per heavy atom. The molecule has 1 saturated heterocycles. The molecule has 2 aliphatic rings. The Hall–Kier alpha value is -0.570. The smallest absolute Gasteiger partial charge is 0.241 e. The fraction of sp³-hybridized carbons (Fsp3) is 0.929. The largest absolute Gasteiger partial charge is 0.325 e. The van der Waals surface area contributed by atoms with Gasteiger partial charge in [-0.3, -0.25) is 10.1 Å². The van der Waals surface area contributed by atoms with Crippen LogP contribution in [0.25, 0.3) is 0 Å². The van der Waals surface area contributed by atoms with Crippen molar-refractivity contribution in [3.63, 3.8) is 0 Å². The molecule has 3 heteroatoms. The highest BCUT2D eigenvalue weighted by Gasteiger charge is 2.47. The topological polar surface area (TPSA) is 32.3 Å². The number of nitrogens with zero attached hydrogens (tertiary/aromatic N) is 1. The first-order chi connectivity index (χ1) is 8.03. The van der Waals surface area contributed by atoms with Gasteiger partial charge in [-0.25, -0.2) is 0 Å². The second-order valence-electron chi connectivity index (χ2n) is 6.13. The predicted molar refractivity (Wildman–Crippen MR) is 69.5 cm³/mol. The summed E-state index contributed by atoms with van der Waals surface area (Å²) in [6.07, 6.45) is 5.08. The van der Waals surface area contributed by atoms with Crippen molar-refractivity contribution in [1.29, 1.82) is 0 Å². The lowest BCUT2D eigenvalue weighted by Crippen LogP contribution is -2.40. The Balaban J connectivity index is 2.06. The fourth-order valence-electron chi connectivity index (χ4n) is 2.87. The van der Waals surface area contributed by atoms with Crippen molar-refractivity contribution in [2.45, 2.75) is 65.6 Å². The van der Waals surface area contributed by atoms with Crippen LogP contribution in [0, 0.1) is 11.3 Å². The van der Waals surface area contributed by atoms with Crippen molar-refractivity contribution < 1.29 is 4.79 Å². The van der Waals surface area contributed by atoms with Crippen molar-refractivity contribution in [1.82, 2.24) is 10.2 Å². The molecule has 2 atom stereocenters. The molecule has 2 unspecified atom stereocenters. The Morgan fingerprint density at radius 1 is 1.41 bits per heavy atom. The molecule has 1 aliphatic carbocycles. The van der Waals surface area contributed by atoms with Crippen molar-refractivity contribution in [3.05, 3.63) is 0 Å². The summed E-state index contributed by atoms with van der Waals surface area (Å²) in [5.74, 6) is 0.713. The van der Waals surface area contributed by atoms with Gasteiger partial charge >= 0.3 is 0 Å². The van der Waals surface area contributed by atoms with Gasteiger partial charge in [0.2, 0.25) is 5.91 Å². The van der Waals surface area contributed by atoms with E-state index in [4.69, 9.17) is 0 Å². The molecule has 0 radical (unpaired) electrons. The number of amides is 1. The number of carbonyl (C=O) groups is 1. The number of hydrogen-bond donors (Lipinski definition) is 1.